The van der Waals surface area contributed by atoms with E-state index in [0.717, 1.165) is 11.0 Å². The summed E-state index contributed by atoms with van der Waals surface area (Å²) < 4.78 is 18.5. The van der Waals surface area contributed by atoms with Crippen molar-refractivity contribution in [1.29, 1.82) is 0 Å². The first-order valence-corrected chi connectivity index (χ1v) is 23.8. The second-order valence-electron chi connectivity index (χ2n) is 16.6. The standard InChI is InChI=1S/2C9H9N.2C8H8N2.C5H7N.2C4H6N2.2C3H5N3.C2H4N4/c1-10-6-8-4-2-3-5-9(8)7-10;1-10-7-6-8-4-2-3-5-9(8)10;1-10-6-9-7-4-2-3-5-8(7)10;1-10-6-7-4-2-3-5-8(7)9-10;1-6-4-2-3-5-6;1-6-3-2-5-4-6;1-6-4-2-3-5-6;1-6-3-4-2-5-6;1-6-3-2-4-5-6;1-6-2-3-4-5-6/h2*2-7H,1H3;2*2-6H,1H3;2-5H,1H3;2*2-4H,1H3;2*2-3H,1H3;2H,1H3. The molecule has 0 spiro atoms. The van der Waals surface area contributed by atoms with Crippen molar-refractivity contribution in [2.45, 2.75) is 0 Å². The molecular weight excluding hydrogens is 955 g/mol. The summed E-state index contributed by atoms with van der Waals surface area (Å²) in [6.45, 7) is 0. The van der Waals surface area contributed by atoms with E-state index in [1.54, 1.807) is 58.5 Å². The zero-order valence-corrected chi connectivity index (χ0v) is 44.8. The van der Waals surface area contributed by atoms with Crippen molar-refractivity contribution in [3.05, 3.63) is 227 Å². The van der Waals surface area contributed by atoms with Gasteiger partial charge in [0.15, 0.2) is 0 Å². The number of aryl methyl sites for hydroxylation is 10. The molecule has 10 aromatic heterocycles. The van der Waals surface area contributed by atoms with E-state index in [1.165, 1.54) is 49.9 Å². The van der Waals surface area contributed by atoms with Gasteiger partial charge in [0.2, 0.25) is 0 Å². The Labute approximate surface area is 442 Å². The van der Waals surface area contributed by atoms with E-state index in [1.807, 2.05) is 167 Å². The van der Waals surface area contributed by atoms with E-state index in [2.05, 4.69) is 158 Å². The van der Waals surface area contributed by atoms with Crippen LogP contribution in [0.5, 0.6) is 0 Å². The van der Waals surface area contributed by atoms with Gasteiger partial charge in [-0.05, 0) is 75.1 Å². The molecule has 0 atom stereocenters. The minimum absolute atomic E-state index is 1.06. The molecule has 0 saturated heterocycles. The number of nitrogens with zero attached hydrogens (tertiary/aromatic N) is 21. The summed E-state index contributed by atoms with van der Waals surface area (Å²) in [4.78, 5) is 11.6. The van der Waals surface area contributed by atoms with Crippen LogP contribution in [0.3, 0.4) is 0 Å². The highest BCUT2D eigenvalue weighted by molar-refractivity contribution is 5.82. The van der Waals surface area contributed by atoms with Crippen LogP contribution in [-0.2, 0) is 70.5 Å². The van der Waals surface area contributed by atoms with Gasteiger partial charge < -0.3 is 22.8 Å². The molecule has 0 fully saturated rings. The molecule has 0 amide bonds. The van der Waals surface area contributed by atoms with Crippen molar-refractivity contribution in [3.8, 4) is 0 Å². The lowest BCUT2D eigenvalue weighted by Crippen LogP contribution is -1.85. The van der Waals surface area contributed by atoms with Gasteiger partial charge in [-0.15, -0.1) is 10.2 Å². The minimum Gasteiger partial charge on any atom is -0.357 e. The van der Waals surface area contributed by atoms with Gasteiger partial charge in [-0.25, -0.2) is 19.6 Å². The number of rotatable bonds is 0. The maximum absolute atomic E-state index is 4.23. The molecule has 10 heterocycles. The van der Waals surface area contributed by atoms with Crippen molar-refractivity contribution >= 4 is 43.6 Å². The van der Waals surface area contributed by atoms with Gasteiger partial charge in [0.25, 0.3) is 0 Å². The van der Waals surface area contributed by atoms with Crippen LogP contribution < -0.4 is 0 Å². The minimum atomic E-state index is 1.06. The second-order valence-corrected chi connectivity index (χ2v) is 16.6. The first-order chi connectivity index (χ1) is 36.8. The van der Waals surface area contributed by atoms with Gasteiger partial charge in [-0.2, -0.15) is 15.3 Å². The number of fused-ring (bicyclic) bond motifs is 4. The maximum atomic E-state index is 4.23. The van der Waals surface area contributed by atoms with Crippen molar-refractivity contribution in [1.82, 2.24) is 102 Å². The molecular formula is C55H67N21. The number of hydrogen-bond donors (Lipinski definition) is 0. The molecule has 14 rings (SSSR count). The summed E-state index contributed by atoms with van der Waals surface area (Å²) in [5.74, 6) is 0. The largest absolute Gasteiger partial charge is 0.357 e. The number of benzene rings is 4. The van der Waals surface area contributed by atoms with Crippen LogP contribution in [0.25, 0.3) is 43.6 Å². The average molecular weight is 1020 g/mol. The van der Waals surface area contributed by atoms with Crippen molar-refractivity contribution < 1.29 is 0 Å². The van der Waals surface area contributed by atoms with Crippen molar-refractivity contribution in [2.24, 2.45) is 70.5 Å². The molecule has 0 aliphatic rings. The zero-order chi connectivity index (χ0) is 54.3. The first kappa shape index (κ1) is 56.9. The topological polar surface area (TPSA) is 191 Å². The lowest BCUT2D eigenvalue weighted by molar-refractivity contribution is 0.710. The molecule has 4 aromatic carbocycles. The Bertz CT molecular complexity index is 3120. The van der Waals surface area contributed by atoms with Gasteiger partial charge in [-0.3, -0.25) is 18.7 Å². The van der Waals surface area contributed by atoms with E-state index < -0.39 is 0 Å². The van der Waals surface area contributed by atoms with Crippen LogP contribution in [0.4, 0.5) is 0 Å². The smallest absolute Gasteiger partial charge is 0.137 e. The summed E-state index contributed by atoms with van der Waals surface area (Å²) in [6.07, 6.45) is 31.3. The lowest BCUT2D eigenvalue weighted by Gasteiger charge is -1.92. The molecule has 0 bridgehead atoms. The molecule has 21 heteroatoms. The van der Waals surface area contributed by atoms with Crippen LogP contribution in [0, 0.1) is 0 Å². The summed E-state index contributed by atoms with van der Waals surface area (Å²) in [6, 6.07) is 40.9. The fraction of sp³-hybridized carbons (Fsp3) is 0.182. The molecule has 0 N–H and O–H groups in total. The van der Waals surface area contributed by atoms with Gasteiger partial charge in [0, 0.05) is 150 Å². The summed E-state index contributed by atoms with van der Waals surface area (Å²) >= 11 is 0. The third-order valence-electron chi connectivity index (χ3n) is 10.2. The van der Waals surface area contributed by atoms with Crippen LogP contribution in [0.15, 0.2) is 227 Å². The molecule has 0 saturated carbocycles. The molecule has 0 aliphatic carbocycles. The molecule has 0 unspecified atom stereocenters. The van der Waals surface area contributed by atoms with Crippen LogP contribution in [-0.4, -0.2) is 102 Å². The molecule has 76 heavy (non-hydrogen) atoms. The SMILES string of the molecule is Cn1cc2ccccc2c1.Cn1cc2ccccc2n1.Cn1ccc2ccccc21.Cn1cccc1.Cn1cccn1.Cn1ccnc1.Cn1ccnn1.Cn1cnc2ccccc21.Cn1cncn1.Cn1cnnn1. The molecule has 0 radical (unpaired) electrons. The third kappa shape index (κ3) is 21.0. The normalized spacial score (nSPS) is 9.71. The van der Waals surface area contributed by atoms with E-state index in [9.17, 15) is 0 Å². The van der Waals surface area contributed by atoms with E-state index in [4.69, 9.17) is 0 Å². The third-order valence-corrected chi connectivity index (χ3v) is 10.2. The number of tetrazole rings is 1. The van der Waals surface area contributed by atoms with Crippen LogP contribution in [0.1, 0.15) is 0 Å². The molecule has 21 nitrogen and oxygen atoms in total. The Morgan fingerprint density at radius 1 is 0.342 bits per heavy atom. The quantitative estimate of drug-likeness (QED) is 0.142. The number of aromatic nitrogens is 21. The Hall–Kier alpha value is -10.0. The van der Waals surface area contributed by atoms with E-state index in [-0.39, 0.29) is 0 Å². The first-order valence-electron chi connectivity index (χ1n) is 23.8. The van der Waals surface area contributed by atoms with Gasteiger partial charge in [0.05, 0.1) is 35.4 Å². The number of imidazole rings is 2. The second kappa shape index (κ2) is 31.4. The fourth-order valence-corrected chi connectivity index (χ4v) is 6.45. The van der Waals surface area contributed by atoms with Gasteiger partial charge >= 0.3 is 0 Å². The van der Waals surface area contributed by atoms with E-state index in [0.29, 0.717) is 0 Å². The fourth-order valence-electron chi connectivity index (χ4n) is 6.45. The van der Waals surface area contributed by atoms with Crippen LogP contribution in [0.2, 0.25) is 0 Å². The number of para-hydroxylation sites is 3. The molecule has 0 aliphatic heterocycles. The summed E-state index contributed by atoms with van der Waals surface area (Å²) in [5, 5.41) is 34.2. The predicted molar refractivity (Wildman–Crippen MR) is 300 cm³/mol. The Morgan fingerprint density at radius 3 is 1.41 bits per heavy atom. The highest BCUT2D eigenvalue weighted by Crippen LogP contribution is 2.14. The number of hydrogen-bond acceptors (Lipinski definition) is 11. The zero-order valence-electron chi connectivity index (χ0n) is 44.8. The van der Waals surface area contributed by atoms with Gasteiger partial charge in [0.1, 0.15) is 19.0 Å². The Kier molecular flexibility index (Phi) is 23.5. The highest BCUT2D eigenvalue weighted by Gasteiger charge is 1.96. The predicted octanol–water partition coefficient (Wildman–Crippen LogP) is 8.21. The Balaban J connectivity index is 0.000000157. The van der Waals surface area contributed by atoms with Crippen molar-refractivity contribution in [2.75, 3.05) is 0 Å². The summed E-state index contributed by atoms with van der Waals surface area (Å²) in [5.41, 5.74) is 4.60. The lowest BCUT2D eigenvalue weighted by atomic mass is 10.2. The Morgan fingerprint density at radius 2 is 1.00 bits per heavy atom. The molecule has 14 aromatic rings. The average Bonchev–Trinajstić information content (AvgIpc) is 4.26. The molecule has 392 valence electrons. The monoisotopic (exact) mass is 1020 g/mol. The van der Waals surface area contributed by atoms with Crippen molar-refractivity contribution in [3.63, 3.8) is 0 Å². The maximum Gasteiger partial charge on any atom is 0.137 e. The van der Waals surface area contributed by atoms with Crippen LogP contribution >= 0.6 is 0 Å². The highest BCUT2D eigenvalue weighted by atomic mass is 15.5. The summed E-state index contributed by atoms with van der Waals surface area (Å²) in [7, 11) is 19.3. The van der Waals surface area contributed by atoms with Gasteiger partial charge in [-0.1, -0.05) is 78.0 Å². The van der Waals surface area contributed by atoms with E-state index >= 15 is 0 Å².